The summed E-state index contributed by atoms with van der Waals surface area (Å²) in [5.41, 5.74) is 0.985. The molecule has 1 aliphatic rings. The maximum Gasteiger partial charge on any atom is 0.270 e. The fourth-order valence-electron chi connectivity index (χ4n) is 3.23. The Morgan fingerprint density at radius 2 is 1.73 bits per heavy atom. The molecule has 2 aromatic heterocycles. The molecule has 7 nitrogen and oxygen atoms in total. The lowest BCUT2D eigenvalue weighted by atomic mass is 10.2. The molecule has 132 valence electrons. The zero-order chi connectivity index (χ0) is 18.1. The normalized spacial score (nSPS) is 14.6. The fraction of sp³-hybridized carbons (Fsp3) is 0.211. The first-order valence-electron chi connectivity index (χ1n) is 8.44. The third-order valence-electron chi connectivity index (χ3n) is 4.63. The van der Waals surface area contributed by atoms with Gasteiger partial charge in [-0.15, -0.1) is 0 Å². The van der Waals surface area contributed by atoms with Crippen LogP contribution in [0.3, 0.4) is 0 Å². The number of hydrogen-bond acceptors (Lipinski definition) is 5. The van der Waals surface area contributed by atoms with Crippen LogP contribution in [-0.2, 0) is 0 Å². The molecule has 1 aliphatic heterocycles. The average molecular weight is 350 g/mol. The molecule has 0 aliphatic carbocycles. The molecule has 1 fully saturated rings. The summed E-state index contributed by atoms with van der Waals surface area (Å²) < 4.78 is 1.38. The number of carbonyl (C=O) groups excluding carboxylic acids is 1. The highest BCUT2D eigenvalue weighted by Gasteiger charge is 2.25. The van der Waals surface area contributed by atoms with Crippen LogP contribution in [-0.4, -0.2) is 51.5 Å². The smallest absolute Gasteiger partial charge is 0.270 e. The lowest BCUT2D eigenvalue weighted by molar-refractivity contribution is 0.0744. The van der Waals surface area contributed by atoms with Gasteiger partial charge >= 0.3 is 0 Å². The third-order valence-corrected chi connectivity index (χ3v) is 4.63. The summed E-state index contributed by atoms with van der Waals surface area (Å²) in [6.07, 6.45) is 2.97. The number of para-hydroxylation sites is 2. The number of pyridine rings is 1. The monoisotopic (exact) mass is 350 g/mol. The minimum atomic E-state index is -0.358. The van der Waals surface area contributed by atoms with Gasteiger partial charge in [0.2, 0.25) is 0 Å². The molecule has 1 aromatic carbocycles. The zero-order valence-electron chi connectivity index (χ0n) is 14.1. The number of nitrogens with zero attached hydrogens (tertiary/aromatic N) is 4. The number of rotatable bonds is 2. The van der Waals surface area contributed by atoms with Crippen molar-refractivity contribution in [2.75, 3.05) is 31.1 Å². The first kappa shape index (κ1) is 16.1. The topological polar surface area (TPSA) is 78.2 Å². The molecule has 1 saturated heterocycles. The van der Waals surface area contributed by atoms with Crippen molar-refractivity contribution in [3.8, 4) is 5.75 Å². The maximum absolute atomic E-state index is 12.8. The summed E-state index contributed by atoms with van der Waals surface area (Å²) in [7, 11) is 0. The Morgan fingerprint density at radius 1 is 1.00 bits per heavy atom. The minimum Gasteiger partial charge on any atom is -0.506 e. The number of phenolic OH excluding ortho intramolecular Hbond substituents is 1. The fourth-order valence-corrected chi connectivity index (χ4v) is 3.23. The average Bonchev–Trinajstić information content (AvgIpc) is 2.69. The molecule has 0 bridgehead atoms. The Labute approximate surface area is 149 Å². The highest BCUT2D eigenvalue weighted by Crippen LogP contribution is 2.27. The molecule has 4 rings (SSSR count). The van der Waals surface area contributed by atoms with Crippen LogP contribution in [0.25, 0.3) is 5.65 Å². The van der Waals surface area contributed by atoms with Gasteiger partial charge in [-0.1, -0.05) is 18.2 Å². The van der Waals surface area contributed by atoms with E-state index in [1.807, 2.05) is 17.0 Å². The molecule has 0 unspecified atom stereocenters. The number of benzene rings is 1. The van der Waals surface area contributed by atoms with Crippen molar-refractivity contribution in [1.29, 1.82) is 0 Å². The van der Waals surface area contributed by atoms with E-state index in [0.717, 1.165) is 5.69 Å². The van der Waals surface area contributed by atoms with Crippen LogP contribution in [0.1, 0.15) is 10.4 Å². The predicted molar refractivity (Wildman–Crippen MR) is 97.7 cm³/mol. The van der Waals surface area contributed by atoms with Crippen LogP contribution in [0.5, 0.6) is 5.75 Å². The molecule has 3 heterocycles. The lowest BCUT2D eigenvalue weighted by Crippen LogP contribution is -2.49. The van der Waals surface area contributed by atoms with Gasteiger partial charge in [-0.25, -0.2) is 4.98 Å². The summed E-state index contributed by atoms with van der Waals surface area (Å²) in [6, 6.07) is 12.4. The number of phenols is 1. The number of amides is 1. The Kier molecular flexibility index (Phi) is 4.04. The van der Waals surface area contributed by atoms with Crippen molar-refractivity contribution in [2.45, 2.75) is 0 Å². The van der Waals surface area contributed by atoms with Crippen molar-refractivity contribution >= 4 is 17.2 Å². The molecule has 1 N–H and O–H groups in total. The third kappa shape index (κ3) is 2.77. The van der Waals surface area contributed by atoms with Gasteiger partial charge in [-0.05, 0) is 24.3 Å². The van der Waals surface area contributed by atoms with Crippen molar-refractivity contribution in [1.82, 2.24) is 14.3 Å². The Balaban J connectivity index is 1.53. The first-order valence-corrected chi connectivity index (χ1v) is 8.44. The number of hydrogen-bond donors (Lipinski definition) is 1. The predicted octanol–water partition coefficient (Wildman–Crippen LogP) is 1.36. The molecule has 0 saturated carbocycles. The van der Waals surface area contributed by atoms with Crippen LogP contribution < -0.4 is 10.5 Å². The highest BCUT2D eigenvalue weighted by molar-refractivity contribution is 5.94. The molecule has 7 heteroatoms. The molecule has 0 radical (unpaired) electrons. The van der Waals surface area contributed by atoms with E-state index in [0.29, 0.717) is 31.8 Å². The van der Waals surface area contributed by atoms with Crippen molar-refractivity contribution in [3.05, 3.63) is 70.8 Å². The number of aromatic nitrogens is 2. The quantitative estimate of drug-likeness (QED) is 0.755. The van der Waals surface area contributed by atoms with Gasteiger partial charge in [0.1, 0.15) is 17.0 Å². The van der Waals surface area contributed by atoms with E-state index >= 15 is 0 Å². The van der Waals surface area contributed by atoms with Crippen LogP contribution in [0, 0.1) is 0 Å². The summed E-state index contributed by atoms with van der Waals surface area (Å²) in [5.74, 6) is -0.0815. The van der Waals surface area contributed by atoms with Crippen molar-refractivity contribution in [3.63, 3.8) is 0 Å². The molecule has 3 aromatic rings. The van der Waals surface area contributed by atoms with Crippen molar-refractivity contribution < 1.29 is 9.90 Å². The molecule has 0 atom stereocenters. The number of piperazine rings is 1. The van der Waals surface area contributed by atoms with E-state index in [2.05, 4.69) is 4.98 Å². The van der Waals surface area contributed by atoms with E-state index in [1.54, 1.807) is 41.4 Å². The summed E-state index contributed by atoms with van der Waals surface area (Å²) in [4.78, 5) is 33.2. The van der Waals surface area contributed by atoms with E-state index in [1.165, 1.54) is 10.6 Å². The van der Waals surface area contributed by atoms with E-state index < -0.39 is 0 Å². The molecular weight excluding hydrogens is 332 g/mol. The van der Waals surface area contributed by atoms with Gasteiger partial charge in [0.25, 0.3) is 11.5 Å². The van der Waals surface area contributed by atoms with E-state index in [-0.39, 0.29) is 22.8 Å². The summed E-state index contributed by atoms with van der Waals surface area (Å²) >= 11 is 0. The number of fused-ring (bicyclic) bond motifs is 1. The maximum atomic E-state index is 12.8. The lowest BCUT2D eigenvalue weighted by Gasteiger charge is -2.36. The summed E-state index contributed by atoms with van der Waals surface area (Å²) in [6.45, 7) is 2.13. The molecular formula is C19H18N4O3. The molecule has 1 amide bonds. The largest absolute Gasteiger partial charge is 0.506 e. The second kappa shape index (κ2) is 6.51. The molecule has 0 spiro atoms. The number of carbonyl (C=O) groups is 1. The molecule has 26 heavy (non-hydrogen) atoms. The van der Waals surface area contributed by atoms with Gasteiger partial charge in [-0.2, -0.15) is 0 Å². The van der Waals surface area contributed by atoms with Gasteiger partial charge in [0, 0.05) is 38.6 Å². The van der Waals surface area contributed by atoms with E-state index in [9.17, 15) is 14.7 Å². The second-order valence-electron chi connectivity index (χ2n) is 6.17. The zero-order valence-corrected chi connectivity index (χ0v) is 14.1. The number of anilines is 1. The standard InChI is InChI=1S/C19H18N4O3/c24-16-6-2-1-5-15(16)21-9-11-22(12-10-21)18(25)14-13-20-17-7-3-4-8-23(17)19(14)26/h1-8,13,24H,9-12H2. The Hall–Kier alpha value is -3.35. The number of aromatic hydroxyl groups is 1. The van der Waals surface area contributed by atoms with Crippen LogP contribution in [0.4, 0.5) is 5.69 Å². The SMILES string of the molecule is O=C(c1cnc2ccccn2c1=O)N1CCN(c2ccccc2O)CC1. The van der Waals surface area contributed by atoms with Crippen LogP contribution in [0.2, 0.25) is 0 Å². The van der Waals surface area contributed by atoms with E-state index in [4.69, 9.17) is 0 Å². The van der Waals surface area contributed by atoms with Gasteiger partial charge in [0.05, 0.1) is 5.69 Å². The van der Waals surface area contributed by atoms with Gasteiger partial charge in [-0.3, -0.25) is 14.0 Å². The Morgan fingerprint density at radius 3 is 2.50 bits per heavy atom. The highest BCUT2D eigenvalue weighted by atomic mass is 16.3. The van der Waals surface area contributed by atoms with Crippen molar-refractivity contribution in [2.24, 2.45) is 0 Å². The Bertz CT molecular complexity index is 1020. The summed E-state index contributed by atoms with van der Waals surface area (Å²) in [5, 5.41) is 9.98. The van der Waals surface area contributed by atoms with Gasteiger partial charge in [0.15, 0.2) is 0 Å². The van der Waals surface area contributed by atoms with Crippen LogP contribution >= 0.6 is 0 Å². The van der Waals surface area contributed by atoms with Crippen LogP contribution in [0.15, 0.2) is 59.7 Å². The minimum absolute atomic E-state index is 0.0738. The first-order chi connectivity index (χ1) is 12.6. The van der Waals surface area contributed by atoms with Gasteiger partial charge < -0.3 is 14.9 Å². The second-order valence-corrected chi connectivity index (χ2v) is 6.17.